The maximum absolute atomic E-state index is 14.5. The zero-order valence-corrected chi connectivity index (χ0v) is 28.9. The fourth-order valence-corrected chi connectivity index (χ4v) is 6.84. The highest BCUT2D eigenvalue weighted by Gasteiger charge is 2.35. The fourth-order valence-electron chi connectivity index (χ4n) is 4.90. The molecular formula is C36H40ClN3O4S2. The van der Waals surface area contributed by atoms with Gasteiger partial charge in [0.15, 0.2) is 0 Å². The number of halogens is 1. The average molecular weight is 678 g/mol. The Hall–Kier alpha value is -3.79. The molecule has 0 radical (unpaired) electrons. The van der Waals surface area contributed by atoms with Gasteiger partial charge in [0.25, 0.3) is 10.0 Å². The lowest BCUT2D eigenvalue weighted by Crippen LogP contribution is -2.54. The quantitative estimate of drug-likeness (QED) is 0.144. The fraction of sp³-hybridized carbons (Fsp3) is 0.278. The topological polar surface area (TPSA) is 86.8 Å². The van der Waals surface area contributed by atoms with Gasteiger partial charge < -0.3 is 10.2 Å². The van der Waals surface area contributed by atoms with Crippen molar-refractivity contribution < 1.29 is 18.0 Å². The van der Waals surface area contributed by atoms with E-state index in [1.165, 1.54) is 16.7 Å². The molecule has 0 saturated carbocycles. The van der Waals surface area contributed by atoms with E-state index in [0.29, 0.717) is 17.1 Å². The van der Waals surface area contributed by atoms with Gasteiger partial charge in [0, 0.05) is 28.9 Å². The van der Waals surface area contributed by atoms with Crippen LogP contribution < -0.4 is 9.62 Å². The molecule has 0 fully saturated rings. The van der Waals surface area contributed by atoms with Crippen molar-refractivity contribution in [2.24, 2.45) is 0 Å². The van der Waals surface area contributed by atoms with Gasteiger partial charge in [-0.15, -0.1) is 11.8 Å². The Labute approximate surface area is 282 Å². The van der Waals surface area contributed by atoms with Crippen molar-refractivity contribution in [3.8, 4) is 0 Å². The first-order valence-corrected chi connectivity index (χ1v) is 18.2. The van der Waals surface area contributed by atoms with Crippen molar-refractivity contribution in [2.45, 2.75) is 62.0 Å². The van der Waals surface area contributed by atoms with Crippen LogP contribution in [0, 0.1) is 6.92 Å². The number of benzene rings is 4. The Kier molecular flexibility index (Phi) is 12.3. The lowest BCUT2D eigenvalue weighted by molar-refractivity contribution is -0.140. The van der Waals surface area contributed by atoms with E-state index in [0.717, 1.165) is 25.9 Å². The predicted molar refractivity (Wildman–Crippen MR) is 188 cm³/mol. The summed E-state index contributed by atoms with van der Waals surface area (Å²) in [7, 11) is -4.17. The summed E-state index contributed by atoms with van der Waals surface area (Å²) in [6, 6.07) is 29.1. The van der Waals surface area contributed by atoms with E-state index in [1.807, 2.05) is 69.5 Å². The summed E-state index contributed by atoms with van der Waals surface area (Å²) in [5.41, 5.74) is 2.93. The molecule has 0 aliphatic rings. The lowest BCUT2D eigenvalue weighted by atomic mass is 10.0. The summed E-state index contributed by atoms with van der Waals surface area (Å²) in [5.74, 6) is -0.821. The number of carbonyl (C=O) groups is 2. The first-order valence-electron chi connectivity index (χ1n) is 15.1. The molecule has 2 atom stereocenters. The van der Waals surface area contributed by atoms with Crippen molar-refractivity contribution in [2.75, 3.05) is 17.1 Å². The highest BCUT2D eigenvalue weighted by molar-refractivity contribution is 7.98. The van der Waals surface area contributed by atoms with Gasteiger partial charge in [-0.3, -0.25) is 13.9 Å². The summed E-state index contributed by atoms with van der Waals surface area (Å²) in [6.07, 6.45) is 2.87. The van der Waals surface area contributed by atoms with Crippen LogP contribution in [0.3, 0.4) is 0 Å². The van der Waals surface area contributed by atoms with Crippen molar-refractivity contribution in [3.05, 3.63) is 125 Å². The Balaban J connectivity index is 1.80. The van der Waals surface area contributed by atoms with Gasteiger partial charge >= 0.3 is 0 Å². The molecule has 0 aliphatic carbocycles. The SMILES string of the molecule is CCC(C)NC(=O)C(Cc1ccccc1)N(Cc1ccc(Cl)cc1)C(=O)CN(c1ccc(C)cc1)S(=O)(=O)c1ccc(SC)cc1. The molecule has 4 aromatic rings. The molecule has 2 unspecified atom stereocenters. The zero-order valence-electron chi connectivity index (χ0n) is 26.5. The van der Waals surface area contributed by atoms with Crippen molar-refractivity contribution >= 4 is 50.9 Å². The van der Waals surface area contributed by atoms with E-state index in [1.54, 1.807) is 60.7 Å². The van der Waals surface area contributed by atoms with Gasteiger partial charge in [-0.2, -0.15) is 0 Å². The minimum Gasteiger partial charge on any atom is -0.352 e. The highest BCUT2D eigenvalue weighted by atomic mass is 35.5. The van der Waals surface area contributed by atoms with Crippen molar-refractivity contribution in [1.82, 2.24) is 10.2 Å². The lowest BCUT2D eigenvalue weighted by Gasteiger charge is -2.34. The van der Waals surface area contributed by atoms with E-state index < -0.39 is 28.5 Å². The molecule has 0 bridgehead atoms. The predicted octanol–water partition coefficient (Wildman–Crippen LogP) is 7.12. The number of nitrogens with one attached hydrogen (secondary N) is 1. The Morgan fingerprint density at radius 2 is 1.50 bits per heavy atom. The summed E-state index contributed by atoms with van der Waals surface area (Å²) in [4.78, 5) is 30.9. The van der Waals surface area contributed by atoms with Gasteiger partial charge in [0.05, 0.1) is 10.6 Å². The van der Waals surface area contributed by atoms with Gasteiger partial charge in [0.1, 0.15) is 12.6 Å². The molecule has 1 N–H and O–H groups in total. The number of carbonyl (C=O) groups excluding carboxylic acids is 2. The molecule has 2 amide bonds. The molecule has 0 saturated heterocycles. The summed E-state index contributed by atoms with van der Waals surface area (Å²) < 4.78 is 29.5. The van der Waals surface area contributed by atoms with Gasteiger partial charge in [0.2, 0.25) is 11.8 Å². The molecule has 46 heavy (non-hydrogen) atoms. The maximum Gasteiger partial charge on any atom is 0.264 e. The van der Waals surface area contributed by atoms with Gasteiger partial charge in [-0.25, -0.2) is 8.42 Å². The van der Waals surface area contributed by atoms with Gasteiger partial charge in [-0.05, 0) is 86.2 Å². The van der Waals surface area contributed by atoms with Crippen LogP contribution in [0.1, 0.15) is 37.0 Å². The number of nitrogens with zero attached hydrogens (tertiary/aromatic N) is 2. The molecular weight excluding hydrogens is 638 g/mol. The van der Waals surface area contributed by atoms with Crippen LogP contribution in [0.5, 0.6) is 0 Å². The third kappa shape index (κ3) is 9.15. The third-order valence-electron chi connectivity index (χ3n) is 7.79. The smallest absolute Gasteiger partial charge is 0.264 e. The van der Waals surface area contributed by atoms with E-state index in [-0.39, 0.29) is 29.8 Å². The number of hydrogen-bond acceptors (Lipinski definition) is 5. The van der Waals surface area contributed by atoms with Crippen LogP contribution in [0.2, 0.25) is 5.02 Å². The number of hydrogen-bond donors (Lipinski definition) is 1. The van der Waals surface area contributed by atoms with Crippen LogP contribution >= 0.6 is 23.4 Å². The van der Waals surface area contributed by atoms with Crippen LogP contribution in [0.15, 0.2) is 113 Å². The van der Waals surface area contributed by atoms with Crippen LogP contribution in [-0.2, 0) is 32.6 Å². The zero-order chi connectivity index (χ0) is 33.3. The van der Waals surface area contributed by atoms with E-state index in [9.17, 15) is 18.0 Å². The summed E-state index contributed by atoms with van der Waals surface area (Å²) in [5, 5.41) is 3.59. The summed E-state index contributed by atoms with van der Waals surface area (Å²) in [6.45, 7) is 5.37. The number of aryl methyl sites for hydroxylation is 1. The molecule has 10 heteroatoms. The molecule has 0 spiro atoms. The Bertz CT molecular complexity index is 1700. The second kappa shape index (κ2) is 16.2. The average Bonchev–Trinajstić information content (AvgIpc) is 3.06. The molecule has 0 aliphatic heterocycles. The second-order valence-electron chi connectivity index (χ2n) is 11.2. The molecule has 4 rings (SSSR count). The van der Waals surface area contributed by atoms with Crippen LogP contribution in [0.4, 0.5) is 5.69 Å². The Morgan fingerprint density at radius 3 is 2.09 bits per heavy atom. The number of sulfonamides is 1. The molecule has 242 valence electrons. The monoisotopic (exact) mass is 677 g/mol. The van der Waals surface area contributed by atoms with Crippen LogP contribution in [0.25, 0.3) is 0 Å². The Morgan fingerprint density at radius 1 is 0.870 bits per heavy atom. The molecule has 0 aromatic heterocycles. The molecule has 7 nitrogen and oxygen atoms in total. The molecule has 4 aromatic carbocycles. The number of rotatable bonds is 14. The number of anilines is 1. The van der Waals surface area contributed by atoms with E-state index in [2.05, 4.69) is 5.32 Å². The van der Waals surface area contributed by atoms with E-state index in [4.69, 9.17) is 11.6 Å². The van der Waals surface area contributed by atoms with Crippen molar-refractivity contribution in [3.63, 3.8) is 0 Å². The largest absolute Gasteiger partial charge is 0.352 e. The normalized spacial score (nSPS) is 12.6. The molecule has 0 heterocycles. The summed E-state index contributed by atoms with van der Waals surface area (Å²) >= 11 is 7.67. The number of amides is 2. The van der Waals surface area contributed by atoms with Crippen molar-refractivity contribution in [1.29, 1.82) is 0 Å². The maximum atomic E-state index is 14.5. The number of thioether (sulfide) groups is 1. The minimum atomic E-state index is -4.17. The third-order valence-corrected chi connectivity index (χ3v) is 10.6. The van der Waals surface area contributed by atoms with Gasteiger partial charge in [-0.1, -0.05) is 78.7 Å². The minimum absolute atomic E-state index is 0.0678. The standard InChI is InChI=1S/C36H40ClN3O4S2/c1-5-27(3)38-36(42)34(23-28-9-7-6-8-10-28)39(24-29-13-15-30(37)16-14-29)35(41)25-40(31-17-11-26(2)12-18-31)46(43,44)33-21-19-32(45-4)20-22-33/h6-22,27,34H,5,23-25H2,1-4H3,(H,38,42). The van der Waals surface area contributed by atoms with Crippen LogP contribution in [-0.4, -0.2) is 50.0 Å². The highest BCUT2D eigenvalue weighted by Crippen LogP contribution is 2.27. The second-order valence-corrected chi connectivity index (χ2v) is 14.4. The first kappa shape index (κ1) is 35.1. The van der Waals surface area contributed by atoms with E-state index >= 15 is 0 Å². The first-order chi connectivity index (χ1) is 22.0.